The molecule has 0 bridgehead atoms. The molecule has 44 valence electrons. The Hall–Kier alpha value is -1.25. The van der Waals surface area contributed by atoms with Crippen LogP contribution in [0.25, 0.3) is 0 Å². The molecule has 0 fully saturated rings. The van der Waals surface area contributed by atoms with Gasteiger partial charge in [0.05, 0.1) is 5.70 Å². The average Bonchev–Trinajstić information content (AvgIpc) is 1.65. The molecule has 0 aliphatic carbocycles. The SMILES string of the molecule is C=CC(=C)N=C(N)N. The third-order valence-corrected chi connectivity index (χ3v) is 0.508. The van der Waals surface area contributed by atoms with Crippen LogP contribution < -0.4 is 11.5 Å². The minimum absolute atomic E-state index is 0.00917. The molecule has 8 heavy (non-hydrogen) atoms. The van der Waals surface area contributed by atoms with Gasteiger partial charge in [-0.05, 0) is 6.08 Å². The van der Waals surface area contributed by atoms with Crippen LogP contribution in [-0.2, 0) is 0 Å². The quantitative estimate of drug-likeness (QED) is 0.298. The van der Waals surface area contributed by atoms with E-state index in [1.165, 1.54) is 6.08 Å². The largest absolute Gasteiger partial charge is 0.370 e. The normalized spacial score (nSPS) is 7.50. The van der Waals surface area contributed by atoms with Gasteiger partial charge in [-0.2, -0.15) is 0 Å². The van der Waals surface area contributed by atoms with Crippen molar-refractivity contribution in [2.24, 2.45) is 16.5 Å². The van der Waals surface area contributed by atoms with Crippen molar-refractivity contribution < 1.29 is 0 Å². The van der Waals surface area contributed by atoms with Crippen LogP contribution in [0.4, 0.5) is 0 Å². The third-order valence-electron chi connectivity index (χ3n) is 0.508. The van der Waals surface area contributed by atoms with Crippen LogP contribution in [0.3, 0.4) is 0 Å². The van der Waals surface area contributed by atoms with Crippen LogP contribution in [0.2, 0.25) is 0 Å². The van der Waals surface area contributed by atoms with E-state index in [0.29, 0.717) is 5.70 Å². The second-order valence-electron chi connectivity index (χ2n) is 1.23. The van der Waals surface area contributed by atoms with E-state index in [4.69, 9.17) is 11.5 Å². The Labute approximate surface area is 48.4 Å². The first-order valence-electron chi connectivity index (χ1n) is 2.08. The first-order chi connectivity index (χ1) is 3.66. The van der Waals surface area contributed by atoms with Gasteiger partial charge in [-0.25, -0.2) is 4.99 Å². The maximum Gasteiger partial charge on any atom is 0.191 e. The van der Waals surface area contributed by atoms with E-state index in [1.807, 2.05) is 0 Å². The summed E-state index contributed by atoms with van der Waals surface area (Å²) >= 11 is 0. The number of hydrogen-bond donors (Lipinski definition) is 2. The van der Waals surface area contributed by atoms with E-state index in [0.717, 1.165) is 0 Å². The second kappa shape index (κ2) is 2.85. The first kappa shape index (κ1) is 6.75. The van der Waals surface area contributed by atoms with E-state index < -0.39 is 0 Å². The molecule has 0 rings (SSSR count). The molecule has 0 unspecified atom stereocenters. The second-order valence-corrected chi connectivity index (χ2v) is 1.23. The summed E-state index contributed by atoms with van der Waals surface area (Å²) in [6, 6.07) is 0. The molecule has 0 saturated carbocycles. The molecule has 0 spiro atoms. The lowest BCUT2D eigenvalue weighted by molar-refractivity contribution is 1.36. The number of allylic oxidation sites excluding steroid dienone is 1. The molecule has 0 aliphatic heterocycles. The lowest BCUT2D eigenvalue weighted by Gasteiger charge is -1.88. The van der Waals surface area contributed by atoms with E-state index >= 15 is 0 Å². The van der Waals surface area contributed by atoms with Gasteiger partial charge in [0, 0.05) is 0 Å². The zero-order valence-corrected chi connectivity index (χ0v) is 4.59. The molecule has 3 nitrogen and oxygen atoms in total. The Bertz CT molecular complexity index is 131. The monoisotopic (exact) mass is 111 g/mol. The molecule has 0 aromatic rings. The maximum absolute atomic E-state index is 4.99. The van der Waals surface area contributed by atoms with Crippen LogP contribution in [0, 0.1) is 0 Å². The summed E-state index contributed by atoms with van der Waals surface area (Å²) in [6.07, 6.45) is 1.47. The van der Waals surface area contributed by atoms with Crippen LogP contribution in [0.5, 0.6) is 0 Å². The minimum Gasteiger partial charge on any atom is -0.370 e. The molecule has 0 amide bonds. The number of guanidine groups is 1. The van der Waals surface area contributed by atoms with Gasteiger partial charge in [-0.15, -0.1) is 0 Å². The number of nitrogens with zero attached hydrogens (tertiary/aromatic N) is 1. The average molecular weight is 111 g/mol. The molecule has 4 N–H and O–H groups in total. The molecular formula is C5H9N3. The lowest BCUT2D eigenvalue weighted by atomic mass is 10.5. The van der Waals surface area contributed by atoms with Gasteiger partial charge in [-0.1, -0.05) is 13.2 Å². The highest BCUT2D eigenvalue weighted by Crippen LogP contribution is 1.88. The van der Waals surface area contributed by atoms with Gasteiger partial charge < -0.3 is 11.5 Å². The number of hydrogen-bond acceptors (Lipinski definition) is 1. The Kier molecular flexibility index (Phi) is 2.40. The lowest BCUT2D eigenvalue weighted by Crippen LogP contribution is -2.22. The molecule has 0 radical (unpaired) electrons. The van der Waals surface area contributed by atoms with Gasteiger partial charge in [0.2, 0.25) is 0 Å². The van der Waals surface area contributed by atoms with Crippen molar-refractivity contribution >= 4 is 5.96 Å². The fraction of sp³-hybridized carbons (Fsp3) is 0. The summed E-state index contributed by atoms with van der Waals surface area (Å²) in [5.41, 5.74) is 10.5. The summed E-state index contributed by atoms with van der Waals surface area (Å²) in [5.74, 6) is 0.00917. The molecule has 0 heterocycles. The van der Waals surface area contributed by atoms with Crippen LogP contribution in [0.15, 0.2) is 29.9 Å². The zero-order chi connectivity index (χ0) is 6.57. The van der Waals surface area contributed by atoms with Crippen LogP contribution in [-0.4, -0.2) is 5.96 Å². The maximum atomic E-state index is 4.99. The standard InChI is InChI=1S/C5H9N3/c1-3-4(2)8-5(6)7/h3H,1-2H2,(H4,6,7,8). The molecule has 0 aromatic carbocycles. The van der Waals surface area contributed by atoms with E-state index in [-0.39, 0.29) is 5.96 Å². The fourth-order valence-electron chi connectivity index (χ4n) is 0.211. The topological polar surface area (TPSA) is 64.4 Å². The predicted molar refractivity (Wildman–Crippen MR) is 35.1 cm³/mol. The number of aliphatic imine (C=N–C) groups is 1. The van der Waals surface area contributed by atoms with Gasteiger partial charge in [0.25, 0.3) is 0 Å². The van der Waals surface area contributed by atoms with Crippen molar-refractivity contribution in [3.63, 3.8) is 0 Å². The van der Waals surface area contributed by atoms with Gasteiger partial charge in [0.1, 0.15) is 0 Å². The smallest absolute Gasteiger partial charge is 0.191 e. The van der Waals surface area contributed by atoms with Crippen molar-refractivity contribution in [2.45, 2.75) is 0 Å². The Morgan fingerprint density at radius 1 is 1.50 bits per heavy atom. The molecular weight excluding hydrogens is 102 g/mol. The predicted octanol–water partition coefficient (Wildman–Crippen LogP) is -0.0405. The van der Waals surface area contributed by atoms with Gasteiger partial charge >= 0.3 is 0 Å². The Balaban J connectivity index is 3.89. The summed E-state index contributed by atoms with van der Waals surface area (Å²) in [7, 11) is 0. The number of rotatable bonds is 2. The highest BCUT2D eigenvalue weighted by Gasteiger charge is 1.78. The molecule has 0 aliphatic rings. The van der Waals surface area contributed by atoms with E-state index in [9.17, 15) is 0 Å². The molecule has 3 heteroatoms. The minimum atomic E-state index is 0.00917. The van der Waals surface area contributed by atoms with Crippen molar-refractivity contribution in [2.75, 3.05) is 0 Å². The Morgan fingerprint density at radius 2 is 2.00 bits per heavy atom. The van der Waals surface area contributed by atoms with E-state index in [1.54, 1.807) is 0 Å². The molecule has 0 saturated heterocycles. The molecule has 0 aromatic heterocycles. The Morgan fingerprint density at radius 3 is 2.12 bits per heavy atom. The van der Waals surface area contributed by atoms with Crippen molar-refractivity contribution in [3.8, 4) is 0 Å². The van der Waals surface area contributed by atoms with Crippen molar-refractivity contribution in [1.29, 1.82) is 0 Å². The highest BCUT2D eigenvalue weighted by atomic mass is 15.0. The summed E-state index contributed by atoms with van der Waals surface area (Å²) < 4.78 is 0. The zero-order valence-electron chi connectivity index (χ0n) is 4.59. The number of nitrogens with two attached hydrogens (primary N) is 2. The summed E-state index contributed by atoms with van der Waals surface area (Å²) in [4.78, 5) is 3.56. The fourth-order valence-corrected chi connectivity index (χ4v) is 0.211. The summed E-state index contributed by atoms with van der Waals surface area (Å²) in [6.45, 7) is 6.84. The van der Waals surface area contributed by atoms with Crippen molar-refractivity contribution in [1.82, 2.24) is 0 Å². The van der Waals surface area contributed by atoms with E-state index in [2.05, 4.69) is 18.2 Å². The third kappa shape index (κ3) is 2.96. The van der Waals surface area contributed by atoms with Crippen molar-refractivity contribution in [3.05, 3.63) is 24.9 Å². The van der Waals surface area contributed by atoms with Gasteiger partial charge in [0.15, 0.2) is 5.96 Å². The highest BCUT2D eigenvalue weighted by molar-refractivity contribution is 5.77. The summed E-state index contributed by atoms with van der Waals surface area (Å²) in [5, 5.41) is 0. The van der Waals surface area contributed by atoms with Gasteiger partial charge in [-0.3, -0.25) is 0 Å². The van der Waals surface area contributed by atoms with Crippen LogP contribution in [0.1, 0.15) is 0 Å². The molecule has 0 atom stereocenters. The van der Waals surface area contributed by atoms with Crippen LogP contribution >= 0.6 is 0 Å². The first-order valence-corrected chi connectivity index (χ1v) is 2.08.